The maximum Gasteiger partial charge on any atom is 0.122 e. The van der Waals surface area contributed by atoms with Crippen LogP contribution in [0, 0.1) is 0 Å². The van der Waals surface area contributed by atoms with Crippen molar-refractivity contribution in [3.05, 3.63) is 12.5 Å². The van der Waals surface area contributed by atoms with Crippen LogP contribution in [0.1, 0.15) is 0 Å². The zero-order valence-electron chi connectivity index (χ0n) is 8.14. The quantitative estimate of drug-likeness (QED) is 0.508. The number of imidazole rings is 1. The lowest BCUT2D eigenvalue weighted by Crippen LogP contribution is -2.43. The highest BCUT2D eigenvalue weighted by Crippen LogP contribution is 1.92. The zero-order chi connectivity index (χ0) is 11.0. The van der Waals surface area contributed by atoms with Crippen molar-refractivity contribution in [3.8, 4) is 0 Å². The van der Waals surface area contributed by atoms with E-state index < -0.39 is 6.39 Å². The van der Waals surface area contributed by atoms with E-state index in [1.807, 2.05) is 7.05 Å². The van der Waals surface area contributed by atoms with Gasteiger partial charge < -0.3 is 10.3 Å². The highest BCUT2D eigenvalue weighted by molar-refractivity contribution is 7.81. The van der Waals surface area contributed by atoms with Crippen molar-refractivity contribution < 1.29 is 0 Å². The molecule has 2 N–H and O–H groups in total. The van der Waals surface area contributed by atoms with Crippen LogP contribution in [0.15, 0.2) is 12.5 Å². The number of hydrogen-bond acceptors (Lipinski definition) is 2. The molecule has 1 rings (SSSR count). The van der Waals surface area contributed by atoms with E-state index in [0.717, 1.165) is 5.82 Å². The van der Waals surface area contributed by atoms with Gasteiger partial charge in [0, 0.05) is 57.8 Å². The smallest absolute Gasteiger partial charge is 0.122 e. The molecule has 0 spiro atoms. The Hall–Kier alpha value is -0.535. The van der Waals surface area contributed by atoms with Crippen molar-refractivity contribution in [2.45, 2.75) is 0 Å². The second kappa shape index (κ2) is 7.83. The van der Waals surface area contributed by atoms with Crippen LogP contribution < -0.4 is 5.32 Å². The van der Waals surface area contributed by atoms with Crippen LogP contribution >= 0.6 is 0 Å². The molecule has 0 unspecified atom stereocenters. The summed E-state index contributed by atoms with van der Waals surface area (Å²) in [5.41, 5.74) is 0. The van der Waals surface area contributed by atoms with Crippen molar-refractivity contribution in [2.24, 2.45) is 0 Å². The summed E-state index contributed by atoms with van der Waals surface area (Å²) in [7, 11) is 23.4. The lowest BCUT2D eigenvalue weighted by Gasteiger charge is -2.05. The Kier molecular flexibility index (Phi) is 7.53. The predicted molar refractivity (Wildman–Crippen MR) is 68.4 cm³/mol. The summed E-state index contributed by atoms with van der Waals surface area (Å²) in [6, 6.07) is 0. The lowest BCUT2D eigenvalue weighted by atomic mass is 8.76. The maximum absolute atomic E-state index is 5.19. The van der Waals surface area contributed by atoms with Crippen molar-refractivity contribution in [3.63, 3.8) is 0 Å². The standard InChI is InChI=1S/C4H7N3.B7/c1-5-4-2-6-3-7-4;1-5-7(4)6(2)3/h2-3,5H,1H3,(H,6,7);. The summed E-state index contributed by atoms with van der Waals surface area (Å²) in [6.07, 6.45) is 2.43. The summed E-state index contributed by atoms with van der Waals surface area (Å²) in [5.74, 6) is 0.944. The summed E-state index contributed by atoms with van der Waals surface area (Å²) in [4.78, 5) is 6.64. The molecule has 1 heterocycles. The van der Waals surface area contributed by atoms with E-state index in [1.165, 1.54) is 7.06 Å². The molecule has 0 aliphatic carbocycles. The number of rotatable bonds is 3. The summed E-state index contributed by atoms with van der Waals surface area (Å²) in [5, 5.41) is 2.89. The van der Waals surface area contributed by atoms with Crippen LogP contribution in [0.2, 0.25) is 0 Å². The van der Waals surface area contributed by atoms with Crippen LogP contribution in [-0.4, -0.2) is 67.8 Å². The van der Waals surface area contributed by atoms with Gasteiger partial charge in [0.25, 0.3) is 0 Å². The topological polar surface area (TPSA) is 40.7 Å². The number of anilines is 1. The molecule has 0 saturated heterocycles. The fourth-order valence-electron chi connectivity index (χ4n) is 0.521. The molecule has 0 aromatic carbocycles. The van der Waals surface area contributed by atoms with Crippen LogP contribution in [0.4, 0.5) is 5.82 Å². The highest BCUT2D eigenvalue weighted by atomic mass is 15.0. The normalized spacial score (nSPS) is 8.07. The van der Waals surface area contributed by atoms with E-state index in [9.17, 15) is 0 Å². The van der Waals surface area contributed by atoms with E-state index in [2.05, 4.69) is 15.3 Å². The molecule has 1 aromatic rings. The molecule has 3 nitrogen and oxygen atoms in total. The van der Waals surface area contributed by atoms with Gasteiger partial charge in [-0.25, -0.2) is 4.98 Å². The van der Waals surface area contributed by atoms with Crippen molar-refractivity contribution in [2.75, 3.05) is 12.4 Å². The van der Waals surface area contributed by atoms with Crippen LogP contribution in [0.25, 0.3) is 0 Å². The highest BCUT2D eigenvalue weighted by Gasteiger charge is 2.06. The fourth-order valence-corrected chi connectivity index (χ4v) is 0.521. The molecule has 0 saturated carbocycles. The molecule has 1 aromatic heterocycles. The SMILES string of the molecule is CNc1cnc[nH]1.[B][B]B([B])B([B])[B]. The van der Waals surface area contributed by atoms with E-state index in [4.69, 9.17) is 30.9 Å². The average Bonchev–Trinajstić information content (AvgIpc) is 2.69. The molecular weight excluding hydrogens is 166 g/mol. The first kappa shape index (κ1) is 13.5. The Morgan fingerprint density at radius 3 is 2.29 bits per heavy atom. The third-order valence-electron chi connectivity index (χ3n) is 1.43. The molecule has 14 heavy (non-hydrogen) atoms. The van der Waals surface area contributed by atoms with Gasteiger partial charge in [-0.15, -0.1) is 0 Å². The monoisotopic (exact) mass is 174 g/mol. The van der Waals surface area contributed by atoms with Gasteiger partial charge in [0.1, 0.15) is 5.82 Å². The Bertz CT molecular complexity index is 215. The molecule has 0 aliphatic heterocycles. The van der Waals surface area contributed by atoms with Gasteiger partial charge in [-0.05, 0) is 0 Å². The number of hydrogen-bond donors (Lipinski definition) is 2. The Morgan fingerprint density at radius 1 is 1.50 bits per heavy atom. The molecular formula is C4H7B7N3. The minimum Gasteiger partial charge on any atom is -0.373 e. The number of aromatic amines is 1. The van der Waals surface area contributed by atoms with Crippen molar-refractivity contribution in [1.82, 2.24) is 9.97 Å². The van der Waals surface area contributed by atoms with Crippen LogP contribution in [0.5, 0.6) is 0 Å². The molecule has 0 atom stereocenters. The minimum absolute atomic E-state index is 0.389. The van der Waals surface area contributed by atoms with Crippen LogP contribution in [-0.2, 0) is 0 Å². The number of nitrogens with zero attached hydrogens (tertiary/aromatic N) is 1. The molecule has 0 aliphatic rings. The first-order chi connectivity index (χ1) is 6.61. The van der Waals surface area contributed by atoms with Crippen molar-refractivity contribution in [1.29, 1.82) is 0 Å². The second-order valence-corrected chi connectivity index (χ2v) is 2.56. The molecule has 10 heteroatoms. The van der Waals surface area contributed by atoms with Gasteiger partial charge in [0.05, 0.1) is 12.5 Å². The summed E-state index contributed by atoms with van der Waals surface area (Å²) >= 11 is 0. The first-order valence-corrected chi connectivity index (χ1v) is 4.09. The molecule has 59 valence electrons. The predicted octanol–water partition coefficient (Wildman–Crippen LogP) is -2.21. The average molecular weight is 173 g/mol. The number of nitrogens with one attached hydrogen (secondary N) is 2. The third-order valence-corrected chi connectivity index (χ3v) is 1.43. The fraction of sp³-hybridized carbons (Fsp3) is 0.250. The minimum atomic E-state index is -0.537. The van der Waals surface area contributed by atoms with Crippen molar-refractivity contribution >= 4 is 56.6 Å². The number of aromatic nitrogens is 2. The third kappa shape index (κ3) is 6.00. The van der Waals surface area contributed by atoms with E-state index in [-0.39, 0.29) is 6.39 Å². The van der Waals surface area contributed by atoms with Gasteiger partial charge in [-0.2, -0.15) is 0 Å². The first-order valence-electron chi connectivity index (χ1n) is 4.09. The van der Waals surface area contributed by atoms with E-state index in [1.54, 1.807) is 12.5 Å². The Morgan fingerprint density at radius 2 is 2.14 bits per heavy atom. The van der Waals surface area contributed by atoms with E-state index in [0.29, 0.717) is 0 Å². The van der Waals surface area contributed by atoms with Gasteiger partial charge in [0.2, 0.25) is 0 Å². The maximum atomic E-state index is 5.19. The van der Waals surface area contributed by atoms with E-state index >= 15 is 0 Å². The van der Waals surface area contributed by atoms with Crippen LogP contribution in [0.3, 0.4) is 0 Å². The van der Waals surface area contributed by atoms with Gasteiger partial charge in [0.15, 0.2) is 0 Å². The summed E-state index contributed by atoms with van der Waals surface area (Å²) < 4.78 is 0. The molecule has 9 radical (unpaired) electrons. The zero-order valence-corrected chi connectivity index (χ0v) is 8.14. The Balaban J connectivity index is 0.000000241. The largest absolute Gasteiger partial charge is 0.373 e. The lowest BCUT2D eigenvalue weighted by molar-refractivity contribution is 1.30. The Labute approximate surface area is 91.9 Å². The second-order valence-electron chi connectivity index (χ2n) is 2.56. The molecule has 0 amide bonds. The number of H-pyrrole nitrogens is 1. The summed E-state index contributed by atoms with van der Waals surface area (Å²) in [6.45, 7) is 0. The molecule has 0 fully saturated rings. The molecule has 0 bridgehead atoms. The van der Waals surface area contributed by atoms with Gasteiger partial charge in [-0.1, -0.05) is 0 Å². The van der Waals surface area contributed by atoms with Gasteiger partial charge >= 0.3 is 0 Å². The van der Waals surface area contributed by atoms with Gasteiger partial charge in [-0.3, -0.25) is 0 Å².